The first-order valence-electron chi connectivity index (χ1n) is 13.0. The molecule has 5 fully saturated rings. The van der Waals surface area contributed by atoms with Gasteiger partial charge >= 0.3 is 0 Å². The van der Waals surface area contributed by atoms with E-state index in [9.17, 15) is 15.0 Å². The van der Waals surface area contributed by atoms with Crippen LogP contribution in [0.2, 0.25) is 0 Å². The molecule has 0 aromatic carbocycles. The van der Waals surface area contributed by atoms with E-state index in [1.54, 1.807) is 0 Å². The second kappa shape index (κ2) is 6.68. The smallest absolute Gasteiger partial charge is 0.174 e. The maximum absolute atomic E-state index is 13.9. The summed E-state index contributed by atoms with van der Waals surface area (Å²) in [5.41, 5.74) is 0.884. The lowest BCUT2D eigenvalue weighted by molar-refractivity contribution is -0.331. The summed E-state index contributed by atoms with van der Waals surface area (Å²) in [6.07, 6.45) is 8.31. The molecule has 4 aliphatic carbocycles. The highest BCUT2D eigenvalue weighted by Gasteiger charge is 2.75. The Kier molecular flexibility index (Phi) is 4.54. The van der Waals surface area contributed by atoms with Gasteiger partial charge in [-0.2, -0.15) is 0 Å². The van der Waals surface area contributed by atoms with E-state index in [4.69, 9.17) is 9.47 Å². The Bertz CT molecular complexity index is 858. The van der Waals surface area contributed by atoms with Gasteiger partial charge in [0.1, 0.15) is 5.78 Å². The average Bonchev–Trinajstić information content (AvgIpc) is 3.08. The minimum absolute atomic E-state index is 0.00606. The fourth-order valence-corrected chi connectivity index (χ4v) is 9.59. The van der Waals surface area contributed by atoms with Gasteiger partial charge < -0.3 is 19.7 Å². The standard InChI is InChI=1S/C27H40O5/c1-15-7-10-27(31-14-15)16(2)23-25(4)13-21(29)22-19(20(25)12-26(23,30)32-27)6-5-17-11-18(28)8-9-24(17,22)3/h5,15-16,18-20,22-23,28,30H,6-14H2,1-4H3/t15-,16+,18+,19-,20-,22-,23-,24+,25+,26+,27-/m1/s1. The second-order valence-electron chi connectivity index (χ2n) is 12.9. The van der Waals surface area contributed by atoms with Gasteiger partial charge in [0.25, 0.3) is 0 Å². The second-order valence-corrected chi connectivity index (χ2v) is 12.9. The number of carbonyl (C=O) groups is 1. The van der Waals surface area contributed by atoms with Gasteiger partial charge in [-0.25, -0.2) is 0 Å². The van der Waals surface area contributed by atoms with Gasteiger partial charge in [0, 0.05) is 37.0 Å². The molecule has 6 rings (SSSR count). The molecule has 2 N–H and O–H groups in total. The molecular formula is C27H40O5. The normalized spacial score (nSPS) is 59.2. The molecule has 1 spiro atoms. The Hall–Kier alpha value is -0.750. The highest BCUT2D eigenvalue weighted by atomic mass is 16.8. The highest BCUT2D eigenvalue weighted by Crippen LogP contribution is 2.72. The number of hydrogen-bond donors (Lipinski definition) is 2. The third-order valence-electron chi connectivity index (χ3n) is 11.1. The minimum Gasteiger partial charge on any atom is -0.393 e. The van der Waals surface area contributed by atoms with E-state index in [-0.39, 0.29) is 46.5 Å². The number of fused-ring (bicyclic) bond motifs is 7. The Morgan fingerprint density at radius 1 is 1.16 bits per heavy atom. The molecule has 2 heterocycles. The number of aliphatic hydroxyl groups is 2. The van der Waals surface area contributed by atoms with Crippen LogP contribution in [0.15, 0.2) is 11.6 Å². The molecule has 178 valence electrons. The number of hydrogen-bond acceptors (Lipinski definition) is 5. The number of ketones is 1. The van der Waals surface area contributed by atoms with Crippen molar-refractivity contribution in [1.82, 2.24) is 0 Å². The molecule has 5 heteroatoms. The van der Waals surface area contributed by atoms with Crippen LogP contribution in [-0.2, 0) is 14.3 Å². The van der Waals surface area contributed by atoms with E-state index in [0.717, 1.165) is 32.1 Å². The molecule has 3 saturated carbocycles. The van der Waals surface area contributed by atoms with Gasteiger partial charge in [0.15, 0.2) is 11.6 Å². The summed E-state index contributed by atoms with van der Waals surface area (Å²) < 4.78 is 12.9. The predicted molar refractivity (Wildman–Crippen MR) is 119 cm³/mol. The van der Waals surface area contributed by atoms with Crippen molar-refractivity contribution in [1.29, 1.82) is 0 Å². The van der Waals surface area contributed by atoms with Crippen molar-refractivity contribution in [3.8, 4) is 0 Å². The Morgan fingerprint density at radius 3 is 2.66 bits per heavy atom. The third-order valence-corrected chi connectivity index (χ3v) is 11.1. The molecule has 6 aliphatic rings. The molecule has 0 aromatic heterocycles. The fraction of sp³-hybridized carbons (Fsp3) is 0.889. The minimum atomic E-state index is -1.21. The first-order valence-corrected chi connectivity index (χ1v) is 13.0. The zero-order valence-electron chi connectivity index (χ0n) is 20.1. The van der Waals surface area contributed by atoms with Crippen LogP contribution in [0, 0.1) is 46.3 Å². The monoisotopic (exact) mass is 444 g/mol. The number of carbonyl (C=O) groups excluding carboxylic acids is 1. The van der Waals surface area contributed by atoms with E-state index >= 15 is 0 Å². The average molecular weight is 445 g/mol. The van der Waals surface area contributed by atoms with Gasteiger partial charge in [0.2, 0.25) is 0 Å². The lowest BCUT2D eigenvalue weighted by Gasteiger charge is -2.57. The van der Waals surface area contributed by atoms with Crippen molar-refractivity contribution in [3.63, 3.8) is 0 Å². The molecule has 0 bridgehead atoms. The first kappa shape index (κ1) is 21.8. The molecule has 0 amide bonds. The predicted octanol–water partition coefficient (Wildman–Crippen LogP) is 4.21. The first-order chi connectivity index (χ1) is 15.0. The summed E-state index contributed by atoms with van der Waals surface area (Å²) in [6.45, 7) is 9.58. The summed E-state index contributed by atoms with van der Waals surface area (Å²) in [6, 6.07) is 0. The fourth-order valence-electron chi connectivity index (χ4n) is 9.59. The third kappa shape index (κ3) is 2.63. The molecular weight excluding hydrogens is 404 g/mol. The van der Waals surface area contributed by atoms with Crippen molar-refractivity contribution in [2.24, 2.45) is 46.3 Å². The Labute approximate surface area is 191 Å². The number of Topliss-reactive ketones (excluding diaryl/α,β-unsaturated/α-hetero) is 1. The van der Waals surface area contributed by atoms with E-state index in [0.29, 0.717) is 37.6 Å². The van der Waals surface area contributed by atoms with Gasteiger partial charge in [0.05, 0.1) is 12.7 Å². The summed E-state index contributed by atoms with van der Waals surface area (Å²) in [5, 5.41) is 22.2. The van der Waals surface area contributed by atoms with Crippen LogP contribution in [-0.4, -0.2) is 40.3 Å². The van der Waals surface area contributed by atoms with Gasteiger partial charge in [-0.05, 0) is 60.7 Å². The van der Waals surface area contributed by atoms with E-state index in [1.807, 2.05) is 0 Å². The molecule has 11 atom stereocenters. The number of ether oxygens (including phenoxy) is 2. The SMILES string of the molecule is C[C@@H]1CC[C@@]2(OC1)O[C@@]1(O)C[C@@H]3[C@H]4CC=C5C[C@@H](O)CC[C@]5(C)[C@H]4C(=O)C[C@]3(C)[C@H]1[C@@H]2C. The topological polar surface area (TPSA) is 76.0 Å². The quantitative estimate of drug-likeness (QED) is 0.548. The van der Waals surface area contributed by atoms with E-state index < -0.39 is 11.6 Å². The molecule has 0 aromatic rings. The number of allylic oxidation sites excluding steroid dienone is 1. The summed E-state index contributed by atoms with van der Waals surface area (Å²) >= 11 is 0. The van der Waals surface area contributed by atoms with Crippen molar-refractivity contribution in [2.75, 3.05) is 6.61 Å². The zero-order valence-corrected chi connectivity index (χ0v) is 20.1. The van der Waals surface area contributed by atoms with Crippen LogP contribution in [0.5, 0.6) is 0 Å². The van der Waals surface area contributed by atoms with Gasteiger partial charge in [-0.1, -0.05) is 39.3 Å². The lowest BCUT2D eigenvalue weighted by Crippen LogP contribution is -2.56. The molecule has 2 saturated heterocycles. The molecule has 5 nitrogen and oxygen atoms in total. The van der Waals surface area contributed by atoms with Crippen LogP contribution in [0.1, 0.15) is 79.1 Å². The Balaban J connectivity index is 1.36. The van der Waals surface area contributed by atoms with Crippen LogP contribution in [0.3, 0.4) is 0 Å². The van der Waals surface area contributed by atoms with Crippen molar-refractivity contribution in [2.45, 2.75) is 96.7 Å². The van der Waals surface area contributed by atoms with Crippen molar-refractivity contribution >= 4 is 5.78 Å². The van der Waals surface area contributed by atoms with E-state index in [1.165, 1.54) is 5.57 Å². The van der Waals surface area contributed by atoms with Crippen LogP contribution < -0.4 is 0 Å². The Morgan fingerprint density at radius 2 is 1.94 bits per heavy atom. The maximum atomic E-state index is 13.9. The maximum Gasteiger partial charge on any atom is 0.174 e. The summed E-state index contributed by atoms with van der Waals surface area (Å²) in [5.74, 6) is -0.514. The molecule has 0 radical (unpaired) electrons. The van der Waals surface area contributed by atoms with E-state index in [2.05, 4.69) is 33.8 Å². The van der Waals surface area contributed by atoms with Crippen molar-refractivity contribution in [3.05, 3.63) is 11.6 Å². The highest BCUT2D eigenvalue weighted by molar-refractivity contribution is 5.85. The van der Waals surface area contributed by atoms with Crippen LogP contribution in [0.4, 0.5) is 0 Å². The number of rotatable bonds is 0. The zero-order chi connectivity index (χ0) is 22.7. The van der Waals surface area contributed by atoms with Crippen LogP contribution in [0.25, 0.3) is 0 Å². The lowest BCUT2D eigenvalue weighted by atomic mass is 9.46. The van der Waals surface area contributed by atoms with Gasteiger partial charge in [-0.15, -0.1) is 0 Å². The molecule has 32 heavy (non-hydrogen) atoms. The molecule has 2 aliphatic heterocycles. The van der Waals surface area contributed by atoms with Gasteiger partial charge in [-0.3, -0.25) is 4.79 Å². The summed E-state index contributed by atoms with van der Waals surface area (Å²) in [7, 11) is 0. The number of aliphatic hydroxyl groups excluding tert-OH is 1. The van der Waals surface area contributed by atoms with Crippen molar-refractivity contribution < 1.29 is 24.5 Å². The van der Waals surface area contributed by atoms with Crippen LogP contribution >= 0.6 is 0 Å². The summed E-state index contributed by atoms with van der Waals surface area (Å²) in [4.78, 5) is 13.9. The molecule has 0 unspecified atom stereocenters. The largest absolute Gasteiger partial charge is 0.393 e.